The Balaban J connectivity index is 1.24. The van der Waals surface area contributed by atoms with Crippen LogP contribution in [0.2, 0.25) is 0 Å². The first-order chi connectivity index (χ1) is 11.0. The number of fused-ring (bicyclic) bond motifs is 1. The van der Waals surface area contributed by atoms with Crippen molar-refractivity contribution in [2.24, 2.45) is 5.92 Å². The molecule has 0 aromatic rings. The summed E-state index contributed by atoms with van der Waals surface area (Å²) in [4.78, 5) is 28.1. The lowest BCUT2D eigenvalue weighted by Crippen LogP contribution is -2.44. The van der Waals surface area contributed by atoms with Crippen LogP contribution < -0.4 is 0 Å². The van der Waals surface area contributed by atoms with Gasteiger partial charge in [0.15, 0.2) is 0 Å². The van der Waals surface area contributed by atoms with Crippen LogP contribution in [0.4, 0.5) is 0 Å². The molecule has 0 aromatic heterocycles. The lowest BCUT2D eigenvalue weighted by molar-refractivity contribution is -0.142. The molecule has 128 valence electrons. The topological polar surface area (TPSA) is 70.1 Å². The molecule has 0 spiro atoms. The van der Waals surface area contributed by atoms with Gasteiger partial charge in [0.1, 0.15) is 0 Å². The van der Waals surface area contributed by atoms with Crippen LogP contribution in [-0.4, -0.2) is 70.7 Å². The van der Waals surface area contributed by atoms with Crippen LogP contribution in [0.1, 0.15) is 44.9 Å². The molecule has 1 aliphatic carbocycles. The zero-order valence-electron chi connectivity index (χ0n) is 13.6. The van der Waals surface area contributed by atoms with E-state index in [1.165, 1.54) is 0 Å². The van der Waals surface area contributed by atoms with Gasteiger partial charge in [-0.1, -0.05) is 0 Å². The molecular weight excluding hydrogens is 296 g/mol. The number of amides is 2. The third kappa shape index (κ3) is 2.98. The van der Waals surface area contributed by atoms with Crippen molar-refractivity contribution < 1.29 is 19.4 Å². The average Bonchev–Trinajstić information content (AvgIpc) is 2.92. The number of carbonyl (C=O) groups is 2. The number of rotatable bonds is 4. The van der Waals surface area contributed by atoms with Crippen molar-refractivity contribution in [3.8, 4) is 0 Å². The van der Waals surface area contributed by atoms with E-state index in [4.69, 9.17) is 4.74 Å². The Labute approximate surface area is 136 Å². The summed E-state index contributed by atoms with van der Waals surface area (Å²) in [6, 6.07) is 0. The van der Waals surface area contributed by atoms with Crippen LogP contribution >= 0.6 is 0 Å². The molecular formula is C17H26N2O4. The van der Waals surface area contributed by atoms with Gasteiger partial charge in [0.05, 0.1) is 30.7 Å². The summed E-state index contributed by atoms with van der Waals surface area (Å²) in [6.45, 7) is 3.12. The van der Waals surface area contributed by atoms with Crippen molar-refractivity contribution in [1.29, 1.82) is 0 Å². The van der Waals surface area contributed by atoms with Crippen molar-refractivity contribution in [2.45, 2.75) is 62.8 Å². The minimum absolute atomic E-state index is 0.0196. The maximum Gasteiger partial charge on any atom is 0.225 e. The van der Waals surface area contributed by atoms with E-state index in [1.54, 1.807) is 0 Å². The van der Waals surface area contributed by atoms with Gasteiger partial charge in [-0.05, 0) is 32.1 Å². The molecule has 1 N–H and O–H groups in total. The molecule has 0 unspecified atom stereocenters. The van der Waals surface area contributed by atoms with Crippen molar-refractivity contribution in [3.63, 3.8) is 0 Å². The predicted molar refractivity (Wildman–Crippen MR) is 82.6 cm³/mol. The molecule has 4 fully saturated rings. The summed E-state index contributed by atoms with van der Waals surface area (Å²) < 4.78 is 6.02. The highest BCUT2D eigenvalue weighted by Gasteiger charge is 2.46. The number of carbonyl (C=O) groups excluding carboxylic acids is 2. The molecule has 4 rings (SSSR count). The van der Waals surface area contributed by atoms with E-state index in [0.717, 1.165) is 45.2 Å². The number of hydrogen-bond donors (Lipinski definition) is 1. The smallest absolute Gasteiger partial charge is 0.225 e. The molecule has 3 atom stereocenters. The average molecular weight is 322 g/mol. The lowest BCUT2D eigenvalue weighted by Gasteiger charge is -2.37. The largest absolute Gasteiger partial charge is 0.389 e. The van der Waals surface area contributed by atoms with Crippen molar-refractivity contribution in [1.82, 2.24) is 9.80 Å². The molecule has 0 bridgehead atoms. The van der Waals surface area contributed by atoms with Crippen molar-refractivity contribution >= 4 is 11.8 Å². The number of ether oxygens (including phenoxy) is 1. The fraction of sp³-hybridized carbons (Fsp3) is 0.882. The van der Waals surface area contributed by atoms with Gasteiger partial charge < -0.3 is 19.6 Å². The first-order valence-corrected chi connectivity index (χ1v) is 8.96. The first-order valence-electron chi connectivity index (χ1n) is 8.96. The summed E-state index contributed by atoms with van der Waals surface area (Å²) in [5, 5.41) is 10.1. The Bertz CT molecular complexity index is 487. The quantitative estimate of drug-likeness (QED) is 0.820. The zero-order chi connectivity index (χ0) is 16.0. The second-order valence-electron chi connectivity index (χ2n) is 7.78. The Morgan fingerprint density at radius 3 is 2.43 bits per heavy atom. The maximum atomic E-state index is 12.3. The van der Waals surface area contributed by atoms with Gasteiger partial charge in [0, 0.05) is 32.1 Å². The predicted octanol–water partition coefficient (Wildman–Crippen LogP) is 0.530. The molecule has 1 saturated carbocycles. The van der Waals surface area contributed by atoms with Gasteiger partial charge in [0.25, 0.3) is 0 Å². The van der Waals surface area contributed by atoms with E-state index in [-0.39, 0.29) is 30.4 Å². The molecule has 3 aliphatic heterocycles. The minimum atomic E-state index is -0.748. The Morgan fingerprint density at radius 1 is 1.09 bits per heavy atom. The third-order valence-corrected chi connectivity index (χ3v) is 6.04. The van der Waals surface area contributed by atoms with Crippen LogP contribution in [-0.2, 0) is 14.3 Å². The van der Waals surface area contributed by atoms with Gasteiger partial charge >= 0.3 is 0 Å². The van der Waals surface area contributed by atoms with Gasteiger partial charge in [-0.3, -0.25) is 9.59 Å². The standard InChI is InChI=1S/C17H26N2O4/c20-15(18-5-2-6-18)8-13-7-12-10-19(11-14(12)23-13)16(21)9-17(22)3-1-4-17/h12-14,22H,1-11H2/t12-,13-,14+/m0/s1. The molecule has 6 heteroatoms. The molecule has 4 aliphatic rings. The summed E-state index contributed by atoms with van der Waals surface area (Å²) >= 11 is 0. The molecule has 3 heterocycles. The van der Waals surface area contributed by atoms with Gasteiger partial charge in [-0.2, -0.15) is 0 Å². The zero-order valence-corrected chi connectivity index (χ0v) is 13.6. The lowest BCUT2D eigenvalue weighted by atomic mass is 9.77. The van der Waals surface area contributed by atoms with Crippen LogP contribution in [0, 0.1) is 5.92 Å². The van der Waals surface area contributed by atoms with E-state index in [9.17, 15) is 14.7 Å². The van der Waals surface area contributed by atoms with E-state index in [0.29, 0.717) is 25.4 Å². The Hall–Kier alpha value is -1.14. The molecule has 23 heavy (non-hydrogen) atoms. The van der Waals surface area contributed by atoms with Crippen LogP contribution in [0.15, 0.2) is 0 Å². The third-order valence-electron chi connectivity index (χ3n) is 6.04. The van der Waals surface area contributed by atoms with Crippen LogP contribution in [0.5, 0.6) is 0 Å². The molecule has 3 saturated heterocycles. The summed E-state index contributed by atoms with van der Waals surface area (Å²) in [6.07, 6.45) is 5.34. The number of likely N-dealkylation sites (tertiary alicyclic amines) is 2. The normalized spacial score (nSPS) is 34.7. The van der Waals surface area contributed by atoms with E-state index in [2.05, 4.69) is 0 Å². The van der Waals surface area contributed by atoms with Gasteiger partial charge in [-0.15, -0.1) is 0 Å². The summed E-state index contributed by atoms with van der Waals surface area (Å²) in [5.74, 6) is 0.615. The second-order valence-corrected chi connectivity index (χ2v) is 7.78. The van der Waals surface area contributed by atoms with Crippen molar-refractivity contribution in [3.05, 3.63) is 0 Å². The van der Waals surface area contributed by atoms with Crippen LogP contribution in [0.3, 0.4) is 0 Å². The SMILES string of the molecule is O=C(C[C@@H]1C[C@H]2CN(C(=O)CC3(O)CCC3)C[C@H]2O1)N1CCC1. The van der Waals surface area contributed by atoms with Gasteiger partial charge in [-0.25, -0.2) is 0 Å². The Kier molecular flexibility index (Phi) is 3.84. The first kappa shape index (κ1) is 15.4. The number of aliphatic hydroxyl groups is 1. The van der Waals surface area contributed by atoms with Gasteiger partial charge in [0.2, 0.25) is 11.8 Å². The minimum Gasteiger partial charge on any atom is -0.389 e. The molecule has 2 amide bonds. The highest BCUT2D eigenvalue weighted by molar-refractivity contribution is 5.78. The number of nitrogens with zero attached hydrogens (tertiary/aromatic N) is 2. The van der Waals surface area contributed by atoms with E-state index in [1.807, 2.05) is 9.80 Å². The van der Waals surface area contributed by atoms with E-state index < -0.39 is 5.60 Å². The fourth-order valence-corrected chi connectivity index (χ4v) is 4.24. The monoisotopic (exact) mass is 322 g/mol. The maximum absolute atomic E-state index is 12.3. The van der Waals surface area contributed by atoms with Crippen molar-refractivity contribution in [2.75, 3.05) is 26.2 Å². The summed E-state index contributed by atoms with van der Waals surface area (Å²) in [5.41, 5.74) is -0.748. The van der Waals surface area contributed by atoms with E-state index >= 15 is 0 Å². The molecule has 0 radical (unpaired) electrons. The summed E-state index contributed by atoms with van der Waals surface area (Å²) in [7, 11) is 0. The van der Waals surface area contributed by atoms with Crippen LogP contribution in [0.25, 0.3) is 0 Å². The second kappa shape index (κ2) is 5.74. The highest BCUT2D eigenvalue weighted by Crippen LogP contribution is 2.38. The molecule has 6 nitrogen and oxygen atoms in total. The number of hydrogen-bond acceptors (Lipinski definition) is 4. The Morgan fingerprint density at radius 2 is 1.87 bits per heavy atom. The highest BCUT2D eigenvalue weighted by atomic mass is 16.5. The fourth-order valence-electron chi connectivity index (χ4n) is 4.24. The molecule has 0 aromatic carbocycles.